The first-order chi connectivity index (χ1) is 18.2. The molecule has 1 aromatic heterocycles. The Morgan fingerprint density at radius 2 is 2.03 bits per heavy atom. The van der Waals surface area contributed by atoms with Crippen LogP contribution in [0.15, 0.2) is 52.3 Å². The Hall–Kier alpha value is -3.90. The summed E-state index contributed by atoms with van der Waals surface area (Å²) in [6, 6.07) is 9.22. The highest BCUT2D eigenvalue weighted by Crippen LogP contribution is 2.36. The van der Waals surface area contributed by atoms with Gasteiger partial charge in [0.15, 0.2) is 5.82 Å². The number of hydrogen-bond acceptors (Lipinski definition) is 10. The van der Waals surface area contributed by atoms with Gasteiger partial charge in [0, 0.05) is 17.5 Å². The van der Waals surface area contributed by atoms with Crippen molar-refractivity contribution in [3.05, 3.63) is 47.9 Å². The van der Waals surface area contributed by atoms with Crippen molar-refractivity contribution < 1.29 is 24.0 Å². The first-order valence-corrected chi connectivity index (χ1v) is 12.9. The minimum atomic E-state index is -0.577. The lowest BCUT2D eigenvalue weighted by atomic mass is 9.97. The SMILES string of the molecule is C=N/C=C(\N=C)NONc1sc(-c2ccc(OC)cc2)cc1C(=O)NC1CCCC(C)(C)OC(=O)NCC1. The van der Waals surface area contributed by atoms with E-state index in [9.17, 15) is 9.59 Å². The van der Waals surface area contributed by atoms with Crippen LogP contribution in [0.5, 0.6) is 5.75 Å². The third-order valence-corrected chi connectivity index (χ3v) is 6.91. The third kappa shape index (κ3) is 8.32. The first-order valence-electron chi connectivity index (χ1n) is 12.1. The molecule has 38 heavy (non-hydrogen) atoms. The topological polar surface area (TPSA) is 135 Å². The summed E-state index contributed by atoms with van der Waals surface area (Å²) in [5.41, 5.74) is 6.09. The van der Waals surface area contributed by atoms with Crippen molar-refractivity contribution in [2.45, 2.75) is 51.2 Å². The molecule has 1 atom stereocenters. The molecule has 0 aliphatic carbocycles. The lowest BCUT2D eigenvalue weighted by molar-refractivity contribution is 0.0287. The molecule has 0 radical (unpaired) electrons. The molecule has 1 aromatic carbocycles. The van der Waals surface area contributed by atoms with Gasteiger partial charge < -0.3 is 20.1 Å². The molecular weight excluding hydrogens is 508 g/mol. The molecule has 0 spiro atoms. The summed E-state index contributed by atoms with van der Waals surface area (Å²) in [6.45, 7) is 11.0. The van der Waals surface area contributed by atoms with Crippen LogP contribution in [-0.2, 0) is 9.68 Å². The van der Waals surface area contributed by atoms with E-state index < -0.39 is 11.7 Å². The number of alkyl carbamates (subject to hydrolysis) is 1. The summed E-state index contributed by atoms with van der Waals surface area (Å²) in [5, 5.41) is 6.37. The van der Waals surface area contributed by atoms with E-state index in [0.717, 1.165) is 29.0 Å². The van der Waals surface area contributed by atoms with E-state index in [-0.39, 0.29) is 17.8 Å². The van der Waals surface area contributed by atoms with E-state index >= 15 is 0 Å². The number of rotatable bonds is 10. The summed E-state index contributed by atoms with van der Waals surface area (Å²) in [4.78, 5) is 39.0. The number of carbonyl (C=O) groups is 2. The second-order valence-corrected chi connectivity index (χ2v) is 10.2. The number of benzene rings is 1. The van der Waals surface area contributed by atoms with Gasteiger partial charge in [-0.05, 0) is 88.9 Å². The van der Waals surface area contributed by atoms with E-state index in [2.05, 4.69) is 45.0 Å². The summed E-state index contributed by atoms with van der Waals surface area (Å²) in [5.74, 6) is 0.708. The Labute approximate surface area is 226 Å². The Morgan fingerprint density at radius 3 is 2.71 bits per heavy atom. The number of hydroxylamine groups is 1. The largest absolute Gasteiger partial charge is 0.497 e. The standard InChI is InChI=1S/C26H34N6O5S/c1-26(2)13-6-7-18(12-14-29-25(34)36-26)30-23(33)20-15-21(17-8-10-19(35-5)11-9-17)38-24(20)32-37-31-22(28-4)16-27-3/h8-11,15-16,18,31-32H,3-4,6-7,12-14H2,1-2,5H3,(H,29,34)(H,30,33)/b22-16+. The zero-order valence-corrected chi connectivity index (χ0v) is 22.7. The Balaban J connectivity index is 1.79. The molecule has 204 valence electrons. The Kier molecular flexibility index (Phi) is 10.3. The fourth-order valence-corrected chi connectivity index (χ4v) is 4.85. The number of thiophene rings is 1. The van der Waals surface area contributed by atoms with E-state index in [1.54, 1.807) is 13.2 Å². The van der Waals surface area contributed by atoms with Gasteiger partial charge in [-0.25, -0.2) is 20.7 Å². The zero-order valence-electron chi connectivity index (χ0n) is 21.8. The lowest BCUT2D eigenvalue weighted by Crippen LogP contribution is -2.41. The van der Waals surface area contributed by atoms with Gasteiger partial charge in [-0.3, -0.25) is 9.79 Å². The maximum absolute atomic E-state index is 13.5. The number of ether oxygens (including phenoxy) is 2. The quantitative estimate of drug-likeness (QED) is 0.254. The maximum atomic E-state index is 13.5. The van der Waals surface area contributed by atoms with Crippen LogP contribution in [0, 0.1) is 0 Å². The highest BCUT2D eigenvalue weighted by molar-refractivity contribution is 7.19. The summed E-state index contributed by atoms with van der Waals surface area (Å²) in [6.07, 6.45) is 3.69. The molecule has 12 heteroatoms. The number of aliphatic imine (C=N–C) groups is 2. The lowest BCUT2D eigenvalue weighted by Gasteiger charge is -2.28. The van der Waals surface area contributed by atoms with Crippen LogP contribution in [-0.4, -0.2) is 50.7 Å². The molecule has 1 saturated heterocycles. The molecule has 0 saturated carbocycles. The molecule has 1 aliphatic rings. The van der Waals surface area contributed by atoms with Crippen molar-refractivity contribution in [2.75, 3.05) is 19.1 Å². The summed E-state index contributed by atoms with van der Waals surface area (Å²) >= 11 is 1.35. The van der Waals surface area contributed by atoms with Gasteiger partial charge in [0.2, 0.25) is 0 Å². The number of carbonyl (C=O) groups excluding carboxylic acids is 2. The average molecular weight is 543 g/mol. The van der Waals surface area contributed by atoms with Crippen LogP contribution in [0.25, 0.3) is 10.4 Å². The predicted molar refractivity (Wildman–Crippen MR) is 150 cm³/mol. The van der Waals surface area contributed by atoms with Gasteiger partial charge in [0.05, 0.1) is 18.9 Å². The van der Waals surface area contributed by atoms with Gasteiger partial charge in [0.25, 0.3) is 5.91 Å². The smallest absolute Gasteiger partial charge is 0.407 e. The van der Waals surface area contributed by atoms with Crippen LogP contribution < -0.4 is 26.3 Å². The van der Waals surface area contributed by atoms with Crippen molar-refractivity contribution >= 4 is 41.8 Å². The second-order valence-electron chi connectivity index (χ2n) is 9.17. The molecule has 2 amide bonds. The number of hydrogen-bond donors (Lipinski definition) is 4. The minimum absolute atomic E-state index is 0.133. The molecule has 2 aromatic rings. The monoisotopic (exact) mass is 542 g/mol. The highest BCUT2D eigenvalue weighted by Gasteiger charge is 2.26. The number of nitrogens with one attached hydrogen (secondary N) is 4. The maximum Gasteiger partial charge on any atom is 0.407 e. The third-order valence-electron chi connectivity index (χ3n) is 5.83. The van der Waals surface area contributed by atoms with Gasteiger partial charge in [0.1, 0.15) is 16.4 Å². The second kappa shape index (κ2) is 13.6. The van der Waals surface area contributed by atoms with Crippen molar-refractivity contribution in [3.63, 3.8) is 0 Å². The molecule has 11 nitrogen and oxygen atoms in total. The molecular formula is C26H34N6O5S. The molecule has 3 rings (SSSR count). The van der Waals surface area contributed by atoms with Crippen LogP contribution in [0.1, 0.15) is 49.9 Å². The fourth-order valence-electron chi connectivity index (χ4n) is 3.86. The Bertz CT molecular complexity index is 1160. The van der Waals surface area contributed by atoms with Gasteiger partial charge in [-0.2, -0.15) is 4.94 Å². The van der Waals surface area contributed by atoms with Crippen LogP contribution in [0.2, 0.25) is 0 Å². The normalized spacial score (nSPS) is 17.8. The molecule has 1 unspecified atom stereocenters. The van der Waals surface area contributed by atoms with Crippen LogP contribution in [0.3, 0.4) is 0 Å². The minimum Gasteiger partial charge on any atom is -0.497 e. The summed E-state index contributed by atoms with van der Waals surface area (Å²) < 4.78 is 10.7. The molecule has 1 fully saturated rings. The molecule has 4 N–H and O–H groups in total. The highest BCUT2D eigenvalue weighted by atomic mass is 32.1. The number of cyclic esters (lactones) is 1. The van der Waals surface area contributed by atoms with Crippen LogP contribution >= 0.6 is 11.3 Å². The molecule has 2 heterocycles. The molecule has 1 aliphatic heterocycles. The van der Waals surface area contributed by atoms with E-state index in [4.69, 9.17) is 14.4 Å². The Morgan fingerprint density at radius 1 is 1.26 bits per heavy atom. The van der Waals surface area contributed by atoms with E-state index in [1.165, 1.54) is 17.5 Å². The van der Waals surface area contributed by atoms with E-state index in [0.29, 0.717) is 30.0 Å². The van der Waals surface area contributed by atoms with Crippen molar-refractivity contribution in [2.24, 2.45) is 9.98 Å². The van der Waals surface area contributed by atoms with Crippen LogP contribution in [0.4, 0.5) is 9.80 Å². The van der Waals surface area contributed by atoms with Crippen molar-refractivity contribution in [1.29, 1.82) is 0 Å². The van der Waals surface area contributed by atoms with Gasteiger partial charge in [-0.1, -0.05) is 0 Å². The molecule has 0 bridgehead atoms. The number of anilines is 1. The summed E-state index contributed by atoms with van der Waals surface area (Å²) in [7, 11) is 1.61. The van der Waals surface area contributed by atoms with Crippen molar-refractivity contribution in [1.82, 2.24) is 16.1 Å². The van der Waals surface area contributed by atoms with Gasteiger partial charge >= 0.3 is 6.09 Å². The van der Waals surface area contributed by atoms with Crippen molar-refractivity contribution in [3.8, 4) is 16.2 Å². The number of amides is 2. The number of methoxy groups -OCH3 is 1. The average Bonchev–Trinajstić information content (AvgIpc) is 3.31. The predicted octanol–water partition coefficient (Wildman–Crippen LogP) is 4.65. The zero-order chi connectivity index (χ0) is 27.5. The fraction of sp³-hybridized carbons (Fsp3) is 0.385. The van der Waals surface area contributed by atoms with E-state index in [1.807, 2.05) is 38.1 Å². The van der Waals surface area contributed by atoms with Gasteiger partial charge in [-0.15, -0.1) is 11.3 Å². The first kappa shape index (κ1) is 28.7. The number of nitrogens with zero attached hydrogens (tertiary/aromatic N) is 2.